The third-order valence-electron chi connectivity index (χ3n) is 2.86. The number of benzene rings is 2. The summed E-state index contributed by atoms with van der Waals surface area (Å²) >= 11 is 5.95. The Morgan fingerprint density at radius 2 is 2.00 bits per heavy atom. The Kier molecular flexibility index (Phi) is 3.24. The molecule has 0 spiro atoms. The summed E-state index contributed by atoms with van der Waals surface area (Å²) in [6.07, 6.45) is 1.67. The summed E-state index contributed by atoms with van der Waals surface area (Å²) < 4.78 is 5.84. The molecule has 1 heterocycles. The van der Waals surface area contributed by atoms with Crippen LogP contribution in [0.4, 0.5) is 0 Å². The van der Waals surface area contributed by atoms with Crippen molar-refractivity contribution in [2.24, 2.45) is 0 Å². The summed E-state index contributed by atoms with van der Waals surface area (Å²) in [6, 6.07) is 16.4. The minimum Gasteiger partial charge on any atom is -0.457 e. The van der Waals surface area contributed by atoms with Gasteiger partial charge in [-0.25, -0.2) is 0 Å². The Labute approximate surface area is 121 Å². The van der Waals surface area contributed by atoms with Gasteiger partial charge in [0.25, 0.3) is 0 Å². The standard InChI is InChI=1S/C16H9ClN2O/c17-12-4-5-14-15(9-12)19-7-6-16(14)20-13-3-1-2-11(8-13)10-18/h1-9H. The van der Waals surface area contributed by atoms with Crippen LogP contribution >= 0.6 is 11.6 Å². The van der Waals surface area contributed by atoms with Gasteiger partial charge in [-0.15, -0.1) is 0 Å². The minimum atomic E-state index is 0.559. The van der Waals surface area contributed by atoms with Crippen molar-refractivity contribution in [3.05, 3.63) is 65.3 Å². The molecule has 3 nitrogen and oxygen atoms in total. The van der Waals surface area contributed by atoms with Crippen molar-refractivity contribution in [2.45, 2.75) is 0 Å². The van der Waals surface area contributed by atoms with E-state index in [0.717, 1.165) is 10.9 Å². The summed E-state index contributed by atoms with van der Waals surface area (Å²) in [5.41, 5.74) is 1.33. The zero-order valence-electron chi connectivity index (χ0n) is 10.4. The molecular weight excluding hydrogens is 272 g/mol. The average Bonchev–Trinajstić information content (AvgIpc) is 2.47. The van der Waals surface area contributed by atoms with Gasteiger partial charge in [-0.3, -0.25) is 4.98 Å². The Morgan fingerprint density at radius 3 is 2.85 bits per heavy atom. The molecule has 0 N–H and O–H groups in total. The van der Waals surface area contributed by atoms with Crippen LogP contribution in [0, 0.1) is 11.3 Å². The molecule has 3 aromatic rings. The van der Waals surface area contributed by atoms with Crippen molar-refractivity contribution >= 4 is 22.5 Å². The predicted octanol–water partition coefficient (Wildman–Crippen LogP) is 4.55. The van der Waals surface area contributed by atoms with Crippen LogP contribution < -0.4 is 4.74 Å². The van der Waals surface area contributed by atoms with Crippen LogP contribution in [0.5, 0.6) is 11.5 Å². The minimum absolute atomic E-state index is 0.559. The highest BCUT2D eigenvalue weighted by molar-refractivity contribution is 6.31. The number of nitriles is 1. The SMILES string of the molecule is N#Cc1cccc(Oc2ccnc3cc(Cl)ccc23)c1. The van der Waals surface area contributed by atoms with Crippen LogP contribution in [0.3, 0.4) is 0 Å². The molecule has 4 heteroatoms. The van der Waals surface area contributed by atoms with E-state index >= 15 is 0 Å². The van der Waals surface area contributed by atoms with Crippen LogP contribution in [-0.2, 0) is 0 Å². The lowest BCUT2D eigenvalue weighted by atomic mass is 10.2. The number of pyridine rings is 1. The maximum atomic E-state index is 8.90. The van der Waals surface area contributed by atoms with Crippen LogP contribution in [0.1, 0.15) is 5.56 Å². The van der Waals surface area contributed by atoms with Gasteiger partial charge in [0.15, 0.2) is 0 Å². The molecule has 20 heavy (non-hydrogen) atoms. The van der Waals surface area contributed by atoms with Gasteiger partial charge in [0, 0.05) is 16.6 Å². The van der Waals surface area contributed by atoms with E-state index in [1.807, 2.05) is 12.1 Å². The normalized spacial score (nSPS) is 10.2. The molecule has 0 bridgehead atoms. The number of halogens is 1. The summed E-state index contributed by atoms with van der Waals surface area (Å²) in [4.78, 5) is 4.26. The number of fused-ring (bicyclic) bond motifs is 1. The molecule has 0 aliphatic heterocycles. The number of rotatable bonds is 2. The van der Waals surface area contributed by atoms with E-state index < -0.39 is 0 Å². The molecule has 0 aliphatic rings. The van der Waals surface area contributed by atoms with Gasteiger partial charge in [-0.05, 0) is 42.5 Å². The largest absolute Gasteiger partial charge is 0.457 e. The summed E-state index contributed by atoms with van der Waals surface area (Å²) in [7, 11) is 0. The zero-order valence-corrected chi connectivity index (χ0v) is 11.1. The van der Waals surface area contributed by atoms with Gasteiger partial charge in [0.1, 0.15) is 11.5 Å². The fourth-order valence-electron chi connectivity index (χ4n) is 1.94. The number of ether oxygens (including phenoxy) is 1. The van der Waals surface area contributed by atoms with E-state index in [0.29, 0.717) is 22.1 Å². The van der Waals surface area contributed by atoms with Crippen LogP contribution in [0.15, 0.2) is 54.7 Å². The first-order valence-electron chi connectivity index (χ1n) is 5.98. The van der Waals surface area contributed by atoms with Crippen molar-refractivity contribution in [3.63, 3.8) is 0 Å². The third kappa shape index (κ3) is 2.42. The van der Waals surface area contributed by atoms with E-state index in [-0.39, 0.29) is 0 Å². The van der Waals surface area contributed by atoms with Crippen LogP contribution in [0.2, 0.25) is 5.02 Å². The molecule has 2 aromatic carbocycles. The van der Waals surface area contributed by atoms with E-state index in [2.05, 4.69) is 11.1 Å². The smallest absolute Gasteiger partial charge is 0.138 e. The topological polar surface area (TPSA) is 45.9 Å². The summed E-state index contributed by atoms with van der Waals surface area (Å²) in [5.74, 6) is 1.30. The third-order valence-corrected chi connectivity index (χ3v) is 3.09. The highest BCUT2D eigenvalue weighted by atomic mass is 35.5. The molecular formula is C16H9ClN2O. The van der Waals surface area contributed by atoms with Crippen molar-refractivity contribution in [3.8, 4) is 17.6 Å². The van der Waals surface area contributed by atoms with E-state index in [9.17, 15) is 0 Å². The molecule has 0 radical (unpaired) electrons. The van der Waals surface area contributed by atoms with Gasteiger partial charge in [0.2, 0.25) is 0 Å². The van der Waals surface area contributed by atoms with Crippen LogP contribution in [-0.4, -0.2) is 4.98 Å². The highest BCUT2D eigenvalue weighted by Crippen LogP contribution is 2.30. The number of aromatic nitrogens is 1. The quantitative estimate of drug-likeness (QED) is 0.691. The lowest BCUT2D eigenvalue weighted by molar-refractivity contribution is 0.488. The summed E-state index contributed by atoms with van der Waals surface area (Å²) in [6.45, 7) is 0. The maximum Gasteiger partial charge on any atom is 0.138 e. The highest BCUT2D eigenvalue weighted by Gasteiger charge is 2.05. The fourth-order valence-corrected chi connectivity index (χ4v) is 2.11. The maximum absolute atomic E-state index is 8.90. The van der Waals surface area contributed by atoms with Gasteiger partial charge in [-0.1, -0.05) is 17.7 Å². The van der Waals surface area contributed by atoms with E-state index in [1.165, 1.54) is 0 Å². The molecule has 96 valence electrons. The second kappa shape index (κ2) is 5.20. The first-order valence-corrected chi connectivity index (χ1v) is 6.36. The molecule has 0 saturated carbocycles. The first kappa shape index (κ1) is 12.5. The first-order chi connectivity index (χ1) is 9.76. The molecule has 0 fully saturated rings. The molecule has 0 aliphatic carbocycles. The zero-order chi connectivity index (χ0) is 13.9. The monoisotopic (exact) mass is 280 g/mol. The van der Waals surface area contributed by atoms with Gasteiger partial charge >= 0.3 is 0 Å². The van der Waals surface area contributed by atoms with Crippen LogP contribution in [0.25, 0.3) is 10.9 Å². The molecule has 0 unspecified atom stereocenters. The molecule has 0 saturated heterocycles. The second-order valence-corrected chi connectivity index (χ2v) is 4.65. The predicted molar refractivity (Wildman–Crippen MR) is 78.0 cm³/mol. The van der Waals surface area contributed by atoms with E-state index in [4.69, 9.17) is 21.6 Å². The molecule has 1 aromatic heterocycles. The second-order valence-electron chi connectivity index (χ2n) is 4.21. The Bertz CT molecular complexity index is 824. The molecule has 0 amide bonds. The van der Waals surface area contributed by atoms with Crippen molar-refractivity contribution in [1.29, 1.82) is 5.26 Å². The number of hydrogen-bond acceptors (Lipinski definition) is 3. The molecule has 0 atom stereocenters. The fraction of sp³-hybridized carbons (Fsp3) is 0. The molecule has 3 rings (SSSR count). The van der Waals surface area contributed by atoms with Crippen molar-refractivity contribution in [1.82, 2.24) is 4.98 Å². The van der Waals surface area contributed by atoms with Gasteiger partial charge in [0.05, 0.1) is 17.1 Å². The Balaban J connectivity index is 2.04. The van der Waals surface area contributed by atoms with E-state index in [1.54, 1.807) is 42.6 Å². The Hall–Kier alpha value is -2.57. The lowest BCUT2D eigenvalue weighted by Crippen LogP contribution is -1.88. The van der Waals surface area contributed by atoms with Crippen molar-refractivity contribution < 1.29 is 4.74 Å². The van der Waals surface area contributed by atoms with Gasteiger partial charge < -0.3 is 4.74 Å². The number of hydrogen-bond donors (Lipinski definition) is 0. The lowest BCUT2D eigenvalue weighted by Gasteiger charge is -2.08. The van der Waals surface area contributed by atoms with Gasteiger partial charge in [-0.2, -0.15) is 5.26 Å². The summed E-state index contributed by atoms with van der Waals surface area (Å²) in [5, 5.41) is 10.4. The Morgan fingerprint density at radius 1 is 1.10 bits per heavy atom. The number of nitrogens with zero attached hydrogens (tertiary/aromatic N) is 2. The van der Waals surface area contributed by atoms with Crippen molar-refractivity contribution in [2.75, 3.05) is 0 Å². The average molecular weight is 281 g/mol.